The number of piperidine rings is 1. The molecule has 21 heavy (non-hydrogen) atoms. The molecule has 2 aliphatic rings. The van der Waals surface area contributed by atoms with Gasteiger partial charge in [0.05, 0.1) is 4.88 Å². The summed E-state index contributed by atoms with van der Waals surface area (Å²) in [5.41, 5.74) is 0. The Labute approximate surface area is 133 Å². The van der Waals surface area contributed by atoms with Crippen molar-refractivity contribution in [3.05, 3.63) is 22.4 Å². The molecule has 2 aromatic heterocycles. The smallest absolute Gasteiger partial charge is 0.264 e. The van der Waals surface area contributed by atoms with Crippen LogP contribution in [0, 0.1) is 5.92 Å². The van der Waals surface area contributed by atoms with Gasteiger partial charge >= 0.3 is 0 Å². The molecule has 0 radical (unpaired) electrons. The summed E-state index contributed by atoms with van der Waals surface area (Å²) in [5.74, 6) is 0.890. The van der Waals surface area contributed by atoms with Gasteiger partial charge in [-0.25, -0.2) is 0 Å². The highest BCUT2D eigenvalue weighted by Gasteiger charge is 2.35. The van der Waals surface area contributed by atoms with E-state index < -0.39 is 0 Å². The number of rotatable bonds is 4. The average Bonchev–Trinajstić information content (AvgIpc) is 3.11. The van der Waals surface area contributed by atoms with Crippen LogP contribution >= 0.6 is 22.7 Å². The Morgan fingerprint density at radius 2 is 2.24 bits per heavy atom. The quantitative estimate of drug-likeness (QED) is 0.934. The fourth-order valence-electron chi connectivity index (χ4n) is 3.15. The number of hydrogen-bond acceptors (Lipinski definition) is 4. The van der Waals surface area contributed by atoms with Gasteiger partial charge in [-0.15, -0.1) is 22.7 Å². The van der Waals surface area contributed by atoms with Crippen molar-refractivity contribution in [2.75, 3.05) is 19.6 Å². The Kier molecular flexibility index (Phi) is 3.73. The van der Waals surface area contributed by atoms with E-state index in [1.165, 1.54) is 35.1 Å². The first-order chi connectivity index (χ1) is 10.3. The maximum Gasteiger partial charge on any atom is 0.264 e. The Morgan fingerprint density at radius 1 is 1.33 bits per heavy atom. The molecule has 0 aromatic carbocycles. The molecule has 1 atom stereocenters. The van der Waals surface area contributed by atoms with Gasteiger partial charge in [-0.05, 0) is 62.2 Å². The van der Waals surface area contributed by atoms with Crippen molar-refractivity contribution < 1.29 is 4.79 Å². The molecule has 2 aromatic rings. The van der Waals surface area contributed by atoms with Gasteiger partial charge < -0.3 is 10.2 Å². The molecule has 1 N–H and O–H groups in total. The summed E-state index contributed by atoms with van der Waals surface area (Å²) in [6.45, 7) is 3.13. The lowest BCUT2D eigenvalue weighted by atomic mass is 9.99. The van der Waals surface area contributed by atoms with E-state index in [4.69, 9.17) is 0 Å². The fourth-order valence-corrected chi connectivity index (χ4v) is 5.22. The number of thiophene rings is 2. The highest BCUT2D eigenvalue weighted by molar-refractivity contribution is 7.27. The first-order valence-electron chi connectivity index (χ1n) is 7.80. The lowest BCUT2D eigenvalue weighted by Crippen LogP contribution is -2.42. The maximum atomic E-state index is 12.9. The van der Waals surface area contributed by atoms with E-state index >= 15 is 0 Å². The molecule has 1 unspecified atom stereocenters. The molecule has 1 saturated heterocycles. The van der Waals surface area contributed by atoms with Crippen molar-refractivity contribution in [2.24, 2.45) is 5.92 Å². The van der Waals surface area contributed by atoms with Crippen LogP contribution in [0.15, 0.2) is 17.5 Å². The lowest BCUT2D eigenvalue weighted by Gasteiger charge is -2.30. The Morgan fingerprint density at radius 3 is 2.95 bits per heavy atom. The summed E-state index contributed by atoms with van der Waals surface area (Å²) in [7, 11) is 0. The van der Waals surface area contributed by atoms with E-state index in [1.54, 1.807) is 22.7 Å². The van der Waals surface area contributed by atoms with E-state index in [0.717, 1.165) is 24.5 Å². The van der Waals surface area contributed by atoms with Crippen molar-refractivity contribution in [3.8, 4) is 0 Å². The number of hydrogen-bond donors (Lipinski definition) is 1. The van der Waals surface area contributed by atoms with Crippen LogP contribution in [0.25, 0.3) is 9.40 Å². The minimum absolute atomic E-state index is 0.261. The minimum Gasteiger partial charge on any atom is -0.335 e. The van der Waals surface area contributed by atoms with Crippen LogP contribution in [-0.2, 0) is 0 Å². The molecule has 1 amide bonds. The Bertz CT molecular complexity index is 609. The molecule has 2 fully saturated rings. The van der Waals surface area contributed by atoms with Crippen LogP contribution in [0.2, 0.25) is 0 Å². The molecule has 1 saturated carbocycles. The predicted molar refractivity (Wildman–Crippen MR) is 89.4 cm³/mol. The molecule has 0 spiro atoms. The number of nitrogens with zero attached hydrogens (tertiary/aromatic N) is 1. The van der Waals surface area contributed by atoms with Crippen LogP contribution in [-0.4, -0.2) is 36.5 Å². The van der Waals surface area contributed by atoms with E-state index in [2.05, 4.69) is 27.7 Å². The van der Waals surface area contributed by atoms with Crippen LogP contribution in [0.1, 0.15) is 35.4 Å². The van der Waals surface area contributed by atoms with Crippen molar-refractivity contribution >= 4 is 38.0 Å². The Hall–Kier alpha value is -0.910. The van der Waals surface area contributed by atoms with E-state index in [-0.39, 0.29) is 5.91 Å². The normalized spacial score (nSPS) is 22.6. The van der Waals surface area contributed by atoms with Crippen LogP contribution < -0.4 is 5.32 Å². The summed E-state index contributed by atoms with van der Waals surface area (Å²) >= 11 is 3.38. The van der Waals surface area contributed by atoms with E-state index in [1.807, 2.05) is 0 Å². The highest BCUT2D eigenvalue weighted by atomic mass is 32.1. The van der Waals surface area contributed by atoms with Crippen molar-refractivity contribution in [3.63, 3.8) is 0 Å². The monoisotopic (exact) mass is 320 g/mol. The molecule has 5 heteroatoms. The third-order valence-corrected chi connectivity index (χ3v) is 6.53. The number of carbonyl (C=O) groups excluding carboxylic acids is 1. The zero-order chi connectivity index (χ0) is 14.2. The van der Waals surface area contributed by atoms with Crippen molar-refractivity contribution in [2.45, 2.75) is 31.7 Å². The van der Waals surface area contributed by atoms with Gasteiger partial charge in [0.1, 0.15) is 0 Å². The molecule has 0 bridgehead atoms. The number of carbonyl (C=O) groups is 1. The zero-order valence-corrected chi connectivity index (χ0v) is 13.6. The highest BCUT2D eigenvalue weighted by Crippen LogP contribution is 2.34. The third-order valence-electron chi connectivity index (χ3n) is 4.45. The summed E-state index contributed by atoms with van der Waals surface area (Å²) in [6.07, 6.45) is 4.87. The first kappa shape index (κ1) is 13.7. The third kappa shape index (κ3) is 2.87. The zero-order valence-electron chi connectivity index (χ0n) is 12.0. The molecule has 3 nitrogen and oxygen atoms in total. The molecule has 1 aliphatic carbocycles. The topological polar surface area (TPSA) is 32.3 Å². The maximum absolute atomic E-state index is 12.9. The molecule has 4 rings (SSSR count). The second-order valence-corrected chi connectivity index (χ2v) is 8.19. The molecule has 112 valence electrons. The summed E-state index contributed by atoms with van der Waals surface area (Å²) < 4.78 is 2.50. The van der Waals surface area contributed by atoms with E-state index in [9.17, 15) is 4.79 Å². The standard InChI is InChI=1S/C16H20N2OS2/c19-16(15-8-14-13(21-15)5-7-20-14)18(12-3-4-12)10-11-2-1-6-17-9-11/h5,7-8,11-12,17H,1-4,6,9-10H2. The molecular weight excluding hydrogens is 300 g/mol. The largest absolute Gasteiger partial charge is 0.335 e. The Balaban J connectivity index is 1.52. The van der Waals surface area contributed by atoms with E-state index in [0.29, 0.717) is 12.0 Å². The van der Waals surface area contributed by atoms with Crippen molar-refractivity contribution in [1.29, 1.82) is 0 Å². The van der Waals surface area contributed by atoms with Gasteiger partial charge in [-0.1, -0.05) is 0 Å². The second-order valence-electron chi connectivity index (χ2n) is 6.16. The minimum atomic E-state index is 0.261. The molecular formula is C16H20N2OS2. The van der Waals surface area contributed by atoms with Gasteiger partial charge in [0.25, 0.3) is 5.91 Å². The second kappa shape index (κ2) is 5.71. The predicted octanol–water partition coefficient (Wildman–Crippen LogP) is 3.57. The number of amides is 1. The van der Waals surface area contributed by atoms with Crippen LogP contribution in [0.5, 0.6) is 0 Å². The summed E-state index contributed by atoms with van der Waals surface area (Å²) in [5, 5.41) is 5.56. The van der Waals surface area contributed by atoms with Gasteiger partial charge in [0, 0.05) is 22.0 Å². The van der Waals surface area contributed by atoms with Crippen LogP contribution in [0.4, 0.5) is 0 Å². The van der Waals surface area contributed by atoms with Gasteiger partial charge in [-0.3, -0.25) is 4.79 Å². The fraction of sp³-hybridized carbons (Fsp3) is 0.562. The first-order valence-corrected chi connectivity index (χ1v) is 9.49. The summed E-state index contributed by atoms with van der Waals surface area (Å²) in [6, 6.07) is 4.70. The SMILES string of the molecule is O=C(c1cc2sccc2s1)N(CC1CCCNC1)C1CC1. The van der Waals surface area contributed by atoms with Gasteiger partial charge in [0.15, 0.2) is 0 Å². The van der Waals surface area contributed by atoms with Crippen molar-refractivity contribution in [1.82, 2.24) is 10.2 Å². The van der Waals surface area contributed by atoms with Crippen LogP contribution in [0.3, 0.4) is 0 Å². The van der Waals surface area contributed by atoms with Gasteiger partial charge in [0.2, 0.25) is 0 Å². The number of fused-ring (bicyclic) bond motifs is 1. The number of nitrogens with one attached hydrogen (secondary N) is 1. The lowest BCUT2D eigenvalue weighted by molar-refractivity contribution is 0.0709. The molecule has 1 aliphatic heterocycles. The summed E-state index contributed by atoms with van der Waals surface area (Å²) in [4.78, 5) is 16.0. The van der Waals surface area contributed by atoms with Gasteiger partial charge in [-0.2, -0.15) is 0 Å². The average molecular weight is 320 g/mol. The molecule has 3 heterocycles.